The van der Waals surface area contributed by atoms with Gasteiger partial charge in [-0.2, -0.15) is 0 Å². The molecule has 1 N–H and O–H groups in total. The van der Waals surface area contributed by atoms with Gasteiger partial charge in [-0.15, -0.1) is 12.4 Å². The van der Waals surface area contributed by atoms with Crippen molar-refractivity contribution in [2.24, 2.45) is 0 Å². The number of alkyl halides is 1. The fourth-order valence-corrected chi connectivity index (χ4v) is 1.43. The summed E-state index contributed by atoms with van der Waals surface area (Å²) >= 11 is 3.34. The van der Waals surface area contributed by atoms with Crippen LogP contribution in [-0.4, -0.2) is 19.8 Å². The van der Waals surface area contributed by atoms with Gasteiger partial charge in [0.1, 0.15) is 6.17 Å². The highest BCUT2D eigenvalue weighted by atomic mass is 79.9. The van der Waals surface area contributed by atoms with Crippen molar-refractivity contribution in [3.05, 3.63) is 34.3 Å². The van der Waals surface area contributed by atoms with Gasteiger partial charge in [0, 0.05) is 17.4 Å². The predicted molar refractivity (Wildman–Crippen MR) is 63.9 cm³/mol. The fraction of sp³-hybridized carbons (Fsp3) is 0.400. The van der Waals surface area contributed by atoms with E-state index in [4.69, 9.17) is 0 Å². The van der Waals surface area contributed by atoms with Crippen LogP contribution in [-0.2, 0) is 6.42 Å². The van der Waals surface area contributed by atoms with Crippen LogP contribution >= 0.6 is 28.3 Å². The van der Waals surface area contributed by atoms with Gasteiger partial charge < -0.3 is 5.32 Å². The Balaban J connectivity index is 0.00000169. The van der Waals surface area contributed by atoms with E-state index >= 15 is 0 Å². The monoisotopic (exact) mass is 281 g/mol. The number of rotatable bonds is 4. The average molecular weight is 283 g/mol. The lowest BCUT2D eigenvalue weighted by molar-refractivity contribution is 0.324. The van der Waals surface area contributed by atoms with Crippen molar-refractivity contribution in [2.45, 2.75) is 12.6 Å². The molecule has 0 aromatic heterocycles. The van der Waals surface area contributed by atoms with Gasteiger partial charge in [0.05, 0.1) is 0 Å². The Morgan fingerprint density at radius 1 is 1.36 bits per heavy atom. The van der Waals surface area contributed by atoms with Crippen LogP contribution in [0.25, 0.3) is 0 Å². The second-order valence-electron chi connectivity index (χ2n) is 2.99. The van der Waals surface area contributed by atoms with E-state index in [0.717, 1.165) is 10.0 Å². The molecule has 0 amide bonds. The van der Waals surface area contributed by atoms with Gasteiger partial charge in [-0.1, -0.05) is 28.1 Å². The Bertz CT molecular complexity index is 253. The molecule has 0 saturated carbocycles. The molecule has 0 saturated heterocycles. The zero-order valence-electron chi connectivity index (χ0n) is 7.97. The maximum absolute atomic E-state index is 13.1. The maximum atomic E-state index is 13.1. The minimum Gasteiger partial charge on any atom is -0.317 e. The standard InChI is InChI=1S/C10H13BrFN.ClH/c1-13-7-10(12)6-8-2-4-9(11)5-3-8;/h2-5,10,13H,6-7H2,1H3;1H. The summed E-state index contributed by atoms with van der Waals surface area (Å²) in [5.41, 5.74) is 1.03. The van der Waals surface area contributed by atoms with Gasteiger partial charge in [-0.05, 0) is 24.7 Å². The minimum absolute atomic E-state index is 0. The van der Waals surface area contributed by atoms with Gasteiger partial charge >= 0.3 is 0 Å². The third-order valence-corrected chi connectivity index (χ3v) is 2.32. The van der Waals surface area contributed by atoms with E-state index in [2.05, 4.69) is 21.2 Å². The van der Waals surface area contributed by atoms with E-state index < -0.39 is 6.17 Å². The molecule has 0 aliphatic rings. The zero-order chi connectivity index (χ0) is 9.68. The van der Waals surface area contributed by atoms with Crippen LogP contribution < -0.4 is 5.32 Å². The molecule has 0 aliphatic heterocycles. The smallest absolute Gasteiger partial charge is 0.116 e. The molecule has 1 rings (SSSR count). The molecule has 1 aromatic carbocycles. The molecular formula is C10H14BrClFN. The highest BCUT2D eigenvalue weighted by Gasteiger charge is 2.05. The topological polar surface area (TPSA) is 12.0 Å². The van der Waals surface area contributed by atoms with E-state index in [1.165, 1.54) is 0 Å². The van der Waals surface area contributed by atoms with Gasteiger partial charge in [-0.3, -0.25) is 0 Å². The van der Waals surface area contributed by atoms with E-state index in [1.54, 1.807) is 7.05 Å². The summed E-state index contributed by atoms with van der Waals surface area (Å²) in [6.07, 6.45) is -0.320. The van der Waals surface area contributed by atoms with Crippen LogP contribution in [0.5, 0.6) is 0 Å². The number of hydrogen-bond donors (Lipinski definition) is 1. The van der Waals surface area contributed by atoms with Crippen molar-refractivity contribution in [1.82, 2.24) is 5.32 Å². The lowest BCUT2D eigenvalue weighted by atomic mass is 10.1. The van der Waals surface area contributed by atoms with Gasteiger partial charge in [0.15, 0.2) is 0 Å². The van der Waals surface area contributed by atoms with Crippen molar-refractivity contribution < 1.29 is 4.39 Å². The summed E-state index contributed by atoms with van der Waals surface area (Å²) in [5.74, 6) is 0. The van der Waals surface area contributed by atoms with Crippen molar-refractivity contribution in [1.29, 1.82) is 0 Å². The van der Waals surface area contributed by atoms with Crippen LogP contribution in [0.3, 0.4) is 0 Å². The quantitative estimate of drug-likeness (QED) is 0.895. The van der Waals surface area contributed by atoms with Crippen LogP contribution in [0.1, 0.15) is 5.56 Å². The van der Waals surface area contributed by atoms with Crippen LogP contribution in [0.15, 0.2) is 28.7 Å². The van der Waals surface area contributed by atoms with Crippen molar-refractivity contribution in [3.8, 4) is 0 Å². The molecule has 0 heterocycles. The molecule has 0 bridgehead atoms. The number of nitrogens with one attached hydrogen (secondary N) is 1. The van der Waals surface area contributed by atoms with Crippen LogP contribution in [0.4, 0.5) is 4.39 Å². The third-order valence-electron chi connectivity index (χ3n) is 1.80. The molecule has 1 nitrogen and oxygen atoms in total. The Hall–Kier alpha value is -0.120. The minimum atomic E-state index is -0.800. The summed E-state index contributed by atoms with van der Waals surface area (Å²) in [7, 11) is 1.76. The summed E-state index contributed by atoms with van der Waals surface area (Å²) in [4.78, 5) is 0. The molecular weight excluding hydrogens is 268 g/mol. The van der Waals surface area contributed by atoms with E-state index in [0.29, 0.717) is 13.0 Å². The molecule has 0 fully saturated rings. The number of halogens is 3. The number of hydrogen-bond acceptors (Lipinski definition) is 1. The first-order valence-corrected chi connectivity index (χ1v) is 5.05. The highest BCUT2D eigenvalue weighted by Crippen LogP contribution is 2.12. The third kappa shape index (κ3) is 4.94. The summed E-state index contributed by atoms with van der Waals surface area (Å²) in [6.45, 7) is 0.413. The van der Waals surface area contributed by atoms with Crippen molar-refractivity contribution in [3.63, 3.8) is 0 Å². The Morgan fingerprint density at radius 3 is 2.43 bits per heavy atom. The fourth-order valence-electron chi connectivity index (χ4n) is 1.17. The average Bonchev–Trinajstić information content (AvgIpc) is 2.09. The first kappa shape index (κ1) is 13.9. The Kier molecular flexibility index (Phi) is 7.15. The highest BCUT2D eigenvalue weighted by molar-refractivity contribution is 9.10. The second kappa shape index (κ2) is 7.21. The predicted octanol–water partition coefficient (Wildman–Crippen LogP) is 2.97. The Labute approximate surface area is 98.6 Å². The molecule has 0 aliphatic carbocycles. The Morgan fingerprint density at radius 2 is 1.93 bits per heavy atom. The molecule has 0 radical (unpaired) electrons. The lowest BCUT2D eigenvalue weighted by Crippen LogP contribution is -2.21. The molecule has 4 heteroatoms. The molecule has 14 heavy (non-hydrogen) atoms. The molecule has 80 valence electrons. The lowest BCUT2D eigenvalue weighted by Gasteiger charge is -2.06. The zero-order valence-corrected chi connectivity index (χ0v) is 10.4. The largest absolute Gasteiger partial charge is 0.317 e. The van der Waals surface area contributed by atoms with E-state index in [1.807, 2.05) is 24.3 Å². The second-order valence-corrected chi connectivity index (χ2v) is 3.90. The summed E-state index contributed by atoms with van der Waals surface area (Å²) < 4.78 is 14.1. The first-order chi connectivity index (χ1) is 6.22. The SMILES string of the molecule is CNCC(F)Cc1ccc(Br)cc1.Cl. The van der Waals surface area contributed by atoms with Crippen molar-refractivity contribution >= 4 is 28.3 Å². The molecule has 0 spiro atoms. The summed E-state index contributed by atoms with van der Waals surface area (Å²) in [5, 5.41) is 2.81. The van der Waals surface area contributed by atoms with Gasteiger partial charge in [-0.25, -0.2) is 4.39 Å². The van der Waals surface area contributed by atoms with Gasteiger partial charge in [0.25, 0.3) is 0 Å². The summed E-state index contributed by atoms with van der Waals surface area (Å²) in [6, 6.07) is 7.74. The van der Waals surface area contributed by atoms with E-state index in [-0.39, 0.29) is 12.4 Å². The van der Waals surface area contributed by atoms with Crippen LogP contribution in [0, 0.1) is 0 Å². The van der Waals surface area contributed by atoms with Crippen molar-refractivity contribution in [2.75, 3.05) is 13.6 Å². The molecule has 1 aromatic rings. The van der Waals surface area contributed by atoms with E-state index in [9.17, 15) is 4.39 Å². The first-order valence-electron chi connectivity index (χ1n) is 4.25. The van der Waals surface area contributed by atoms with Gasteiger partial charge in [0.2, 0.25) is 0 Å². The molecule has 1 atom stereocenters. The molecule has 1 unspecified atom stereocenters. The normalized spacial score (nSPS) is 11.9. The maximum Gasteiger partial charge on any atom is 0.116 e. The number of benzene rings is 1. The van der Waals surface area contributed by atoms with Crippen LogP contribution in [0.2, 0.25) is 0 Å².